The van der Waals surface area contributed by atoms with Crippen molar-refractivity contribution in [2.24, 2.45) is 11.8 Å². The van der Waals surface area contributed by atoms with E-state index in [1.807, 2.05) is 41.0 Å². The molecule has 4 heterocycles. The molecule has 0 bridgehead atoms. The number of ether oxygens (including phenoxy) is 1. The number of amides is 3. The molecule has 8 heteroatoms. The molecule has 3 fully saturated rings. The number of aliphatic hydroxyl groups excluding tert-OH is 1. The lowest BCUT2D eigenvalue weighted by molar-refractivity contribution is -0.150. The van der Waals surface area contributed by atoms with Gasteiger partial charge >= 0.3 is 0 Å². The standard InChI is InChI=1S/C27H39N3O5/c1-2-14-28-15-8-12-20-21(24(28)32)22-25(33)30(16-6-7-18-31)23-26(34)29(19-10-4-3-5-11-19)17-9-13-27(22,23)35-20/h8-9,12-13,19-23,31H,2-7,10-11,14-18H2,1H3/t20-,21+,22-,23?,27-/m0/s1. The van der Waals surface area contributed by atoms with Crippen LogP contribution in [0.4, 0.5) is 0 Å². The Hall–Kier alpha value is -2.19. The van der Waals surface area contributed by atoms with Crippen molar-refractivity contribution in [2.45, 2.75) is 82.1 Å². The molecule has 1 N–H and O–H groups in total. The lowest BCUT2D eigenvalue weighted by atomic mass is 9.77. The Labute approximate surface area is 207 Å². The fourth-order valence-electron chi connectivity index (χ4n) is 7.03. The second-order valence-electron chi connectivity index (χ2n) is 10.7. The Kier molecular flexibility index (Phi) is 7.04. The average molecular weight is 486 g/mol. The van der Waals surface area contributed by atoms with Gasteiger partial charge in [-0.1, -0.05) is 50.5 Å². The predicted molar refractivity (Wildman–Crippen MR) is 130 cm³/mol. The second-order valence-corrected chi connectivity index (χ2v) is 10.7. The van der Waals surface area contributed by atoms with E-state index < -0.39 is 29.6 Å². The summed E-state index contributed by atoms with van der Waals surface area (Å²) in [6.07, 6.45) is 14.7. The monoisotopic (exact) mass is 485 g/mol. The first-order chi connectivity index (χ1) is 17.0. The van der Waals surface area contributed by atoms with Crippen LogP contribution in [0.15, 0.2) is 24.3 Å². The van der Waals surface area contributed by atoms with Crippen molar-refractivity contribution in [3.05, 3.63) is 24.3 Å². The number of carbonyl (C=O) groups excluding carboxylic acids is 3. The molecule has 1 aliphatic carbocycles. The van der Waals surface area contributed by atoms with Gasteiger partial charge in [-0.2, -0.15) is 0 Å². The molecule has 3 amide bonds. The summed E-state index contributed by atoms with van der Waals surface area (Å²) in [6.45, 7) is 4.12. The molecule has 5 rings (SSSR count). The van der Waals surface area contributed by atoms with Crippen LogP contribution < -0.4 is 0 Å². The fraction of sp³-hybridized carbons (Fsp3) is 0.741. The first-order valence-electron chi connectivity index (χ1n) is 13.6. The van der Waals surface area contributed by atoms with Crippen LogP contribution in [0, 0.1) is 11.8 Å². The molecule has 0 aromatic carbocycles. The summed E-state index contributed by atoms with van der Waals surface area (Å²) in [5.74, 6) is -1.61. The molecular weight excluding hydrogens is 446 g/mol. The molecule has 0 radical (unpaired) electrons. The molecule has 1 saturated carbocycles. The third-order valence-corrected chi connectivity index (χ3v) is 8.59. The minimum atomic E-state index is -1.14. The summed E-state index contributed by atoms with van der Waals surface area (Å²) < 4.78 is 6.67. The highest BCUT2D eigenvalue weighted by molar-refractivity contribution is 5.99. The van der Waals surface area contributed by atoms with Gasteiger partial charge in [0.2, 0.25) is 17.7 Å². The maximum Gasteiger partial charge on any atom is 0.249 e. The minimum absolute atomic E-state index is 0.0414. The molecule has 35 heavy (non-hydrogen) atoms. The number of hydrogen-bond donors (Lipinski definition) is 1. The largest absolute Gasteiger partial charge is 0.396 e. The number of likely N-dealkylation sites (tertiary alicyclic amines) is 1. The summed E-state index contributed by atoms with van der Waals surface area (Å²) in [5, 5.41) is 9.34. The molecule has 5 atom stereocenters. The molecule has 2 saturated heterocycles. The van der Waals surface area contributed by atoms with Crippen LogP contribution in [-0.2, 0) is 19.1 Å². The zero-order valence-electron chi connectivity index (χ0n) is 20.8. The van der Waals surface area contributed by atoms with E-state index in [1.165, 1.54) is 6.42 Å². The predicted octanol–water partition coefficient (Wildman–Crippen LogP) is 1.88. The van der Waals surface area contributed by atoms with Gasteiger partial charge in [0.05, 0.1) is 17.9 Å². The second kappa shape index (κ2) is 10.1. The van der Waals surface area contributed by atoms with E-state index in [0.29, 0.717) is 39.0 Å². The molecule has 1 spiro atoms. The van der Waals surface area contributed by atoms with Gasteiger partial charge in [0.15, 0.2) is 0 Å². The highest BCUT2D eigenvalue weighted by Gasteiger charge is 2.71. The molecule has 5 aliphatic rings. The van der Waals surface area contributed by atoms with Crippen molar-refractivity contribution < 1.29 is 24.2 Å². The van der Waals surface area contributed by atoms with Crippen LogP contribution in [-0.4, -0.2) is 94.1 Å². The summed E-state index contributed by atoms with van der Waals surface area (Å²) in [4.78, 5) is 47.4. The Bertz CT molecular complexity index is 897. The minimum Gasteiger partial charge on any atom is -0.396 e. The third kappa shape index (κ3) is 4.02. The number of carbonyl (C=O) groups is 3. The average Bonchev–Trinajstić information content (AvgIpc) is 3.17. The summed E-state index contributed by atoms with van der Waals surface area (Å²) >= 11 is 0. The van der Waals surface area contributed by atoms with Crippen LogP contribution >= 0.6 is 0 Å². The fourth-order valence-corrected chi connectivity index (χ4v) is 7.03. The highest BCUT2D eigenvalue weighted by Crippen LogP contribution is 2.53. The van der Waals surface area contributed by atoms with E-state index >= 15 is 0 Å². The molecule has 1 unspecified atom stereocenters. The van der Waals surface area contributed by atoms with Gasteiger partial charge in [0.25, 0.3) is 0 Å². The van der Waals surface area contributed by atoms with Crippen molar-refractivity contribution >= 4 is 17.7 Å². The van der Waals surface area contributed by atoms with E-state index in [2.05, 4.69) is 0 Å². The SMILES string of the molecule is CCCN1CC=C[C@@H]2O[C@]34C=CCN(C5CCCCC5)C(=O)C3N(CCCCO)C(=O)[C@@H]4[C@@H]2C1=O. The van der Waals surface area contributed by atoms with Gasteiger partial charge in [-0.05, 0) is 32.1 Å². The number of rotatable bonds is 7. The summed E-state index contributed by atoms with van der Waals surface area (Å²) in [7, 11) is 0. The van der Waals surface area contributed by atoms with Crippen molar-refractivity contribution in [3.8, 4) is 0 Å². The van der Waals surface area contributed by atoms with Crippen molar-refractivity contribution in [1.29, 1.82) is 0 Å². The first-order valence-corrected chi connectivity index (χ1v) is 13.6. The number of unbranched alkanes of at least 4 members (excludes halogenated alkanes) is 1. The smallest absolute Gasteiger partial charge is 0.249 e. The van der Waals surface area contributed by atoms with Gasteiger partial charge in [-0.15, -0.1) is 0 Å². The maximum atomic E-state index is 14.2. The Morgan fingerprint density at radius 1 is 1.00 bits per heavy atom. The molecule has 0 aromatic heterocycles. The molecule has 192 valence electrons. The first kappa shape index (κ1) is 24.5. The molecule has 0 aromatic rings. The maximum absolute atomic E-state index is 14.2. The van der Waals surface area contributed by atoms with Crippen LogP contribution in [0.3, 0.4) is 0 Å². The molecular formula is C27H39N3O5. The van der Waals surface area contributed by atoms with Crippen LogP contribution in [0.25, 0.3) is 0 Å². The number of fused-ring (bicyclic) bond motifs is 2. The Morgan fingerprint density at radius 2 is 1.80 bits per heavy atom. The van der Waals surface area contributed by atoms with Crippen LogP contribution in [0.5, 0.6) is 0 Å². The quantitative estimate of drug-likeness (QED) is 0.439. The van der Waals surface area contributed by atoms with Crippen molar-refractivity contribution in [2.75, 3.05) is 32.8 Å². The zero-order chi connectivity index (χ0) is 24.6. The lowest BCUT2D eigenvalue weighted by Crippen LogP contribution is -2.57. The lowest BCUT2D eigenvalue weighted by Gasteiger charge is -2.39. The van der Waals surface area contributed by atoms with E-state index in [-0.39, 0.29) is 30.4 Å². The van der Waals surface area contributed by atoms with Crippen LogP contribution in [0.1, 0.15) is 58.3 Å². The van der Waals surface area contributed by atoms with Gasteiger partial charge < -0.3 is 24.5 Å². The van der Waals surface area contributed by atoms with E-state index in [1.54, 1.807) is 4.90 Å². The zero-order valence-corrected chi connectivity index (χ0v) is 20.8. The highest BCUT2D eigenvalue weighted by atomic mass is 16.5. The van der Waals surface area contributed by atoms with Crippen LogP contribution in [0.2, 0.25) is 0 Å². The van der Waals surface area contributed by atoms with E-state index in [0.717, 1.165) is 32.1 Å². The summed E-state index contributed by atoms with van der Waals surface area (Å²) in [5.41, 5.74) is -1.14. The Balaban J connectivity index is 1.54. The summed E-state index contributed by atoms with van der Waals surface area (Å²) in [6, 6.07) is -0.593. The van der Waals surface area contributed by atoms with Gasteiger partial charge in [0.1, 0.15) is 11.6 Å². The van der Waals surface area contributed by atoms with E-state index in [9.17, 15) is 19.5 Å². The molecule has 8 nitrogen and oxygen atoms in total. The van der Waals surface area contributed by atoms with E-state index in [4.69, 9.17) is 4.74 Å². The number of hydrogen-bond acceptors (Lipinski definition) is 5. The van der Waals surface area contributed by atoms with Gasteiger partial charge in [0, 0.05) is 38.8 Å². The number of aliphatic hydroxyl groups is 1. The number of nitrogens with zero attached hydrogens (tertiary/aromatic N) is 3. The van der Waals surface area contributed by atoms with Gasteiger partial charge in [-0.25, -0.2) is 0 Å². The molecule has 4 aliphatic heterocycles. The Morgan fingerprint density at radius 3 is 2.54 bits per heavy atom. The third-order valence-electron chi connectivity index (χ3n) is 8.59. The topological polar surface area (TPSA) is 90.4 Å². The van der Waals surface area contributed by atoms with Crippen molar-refractivity contribution in [1.82, 2.24) is 14.7 Å². The van der Waals surface area contributed by atoms with Crippen molar-refractivity contribution in [3.63, 3.8) is 0 Å². The normalized spacial score (nSPS) is 35.3. The van der Waals surface area contributed by atoms with Gasteiger partial charge in [-0.3, -0.25) is 14.4 Å².